The minimum Gasteiger partial charge on any atom is -0.478 e. The van der Waals surface area contributed by atoms with Gasteiger partial charge in [-0.1, -0.05) is 24.8 Å². The van der Waals surface area contributed by atoms with Gasteiger partial charge in [-0.05, 0) is 12.1 Å². The average molecular weight is 329 g/mol. The Balaban J connectivity index is 2.84. The van der Waals surface area contributed by atoms with Gasteiger partial charge in [-0.15, -0.1) is 0 Å². The van der Waals surface area contributed by atoms with Gasteiger partial charge in [0.15, 0.2) is 0 Å². The molecule has 1 aromatic carbocycles. The molecule has 0 fully saturated rings. The van der Waals surface area contributed by atoms with Gasteiger partial charge < -0.3 is 9.84 Å². The Bertz CT molecular complexity index is 711. The molecule has 2 rings (SSSR count). The summed E-state index contributed by atoms with van der Waals surface area (Å²) in [4.78, 5) is 21.6. The van der Waals surface area contributed by atoms with Crippen molar-refractivity contribution in [3.63, 3.8) is 0 Å². The van der Waals surface area contributed by atoms with Crippen molar-refractivity contribution in [3.8, 4) is 5.75 Å². The number of alkyl halides is 3. The zero-order valence-corrected chi connectivity index (χ0v) is 11.4. The number of halogens is 3. The molecule has 0 saturated heterocycles. The van der Waals surface area contributed by atoms with E-state index in [4.69, 9.17) is 4.74 Å². The van der Waals surface area contributed by atoms with Crippen molar-refractivity contribution in [3.05, 3.63) is 58.2 Å². The summed E-state index contributed by atoms with van der Waals surface area (Å²) < 4.78 is 44.3. The van der Waals surface area contributed by atoms with Gasteiger partial charge in [-0.2, -0.15) is 13.2 Å². The second kappa shape index (κ2) is 5.75. The van der Waals surface area contributed by atoms with Crippen LogP contribution in [-0.4, -0.2) is 34.3 Å². The molecule has 0 bridgehead atoms. The molecule has 1 N–H and O–H groups in total. The van der Waals surface area contributed by atoms with E-state index in [2.05, 4.69) is 6.58 Å². The highest BCUT2D eigenvalue weighted by atomic mass is 19.4. The van der Waals surface area contributed by atoms with Gasteiger partial charge in [0.1, 0.15) is 5.75 Å². The SMILES string of the molecule is C=CC(C1=C(C(=O)O)C(C(F)(F)F)Oc2ccccc21)[N+](=O)[O-]. The topological polar surface area (TPSA) is 89.7 Å². The number of aliphatic carboxylic acids is 1. The van der Waals surface area contributed by atoms with Crippen molar-refractivity contribution in [1.29, 1.82) is 0 Å². The van der Waals surface area contributed by atoms with Crippen LogP contribution in [0.4, 0.5) is 13.2 Å². The lowest BCUT2D eigenvalue weighted by atomic mass is 9.87. The molecule has 0 saturated carbocycles. The number of benzene rings is 1. The maximum absolute atomic E-state index is 13.2. The molecule has 9 heteroatoms. The molecule has 1 aliphatic heterocycles. The third-order valence-corrected chi connectivity index (χ3v) is 3.25. The van der Waals surface area contributed by atoms with E-state index in [9.17, 15) is 33.2 Å². The van der Waals surface area contributed by atoms with Crippen molar-refractivity contribution in [2.75, 3.05) is 0 Å². The quantitative estimate of drug-likeness (QED) is 0.521. The van der Waals surface area contributed by atoms with Crippen LogP contribution in [0.15, 0.2) is 42.5 Å². The first kappa shape index (κ1) is 16.5. The van der Waals surface area contributed by atoms with Gasteiger partial charge in [0.05, 0.1) is 11.1 Å². The summed E-state index contributed by atoms with van der Waals surface area (Å²) in [5, 5.41) is 20.3. The highest BCUT2D eigenvalue weighted by molar-refractivity contribution is 6.00. The van der Waals surface area contributed by atoms with E-state index in [0.717, 1.165) is 6.08 Å². The first-order valence-electron chi connectivity index (χ1n) is 6.24. The summed E-state index contributed by atoms with van der Waals surface area (Å²) in [5.74, 6) is -2.21. The van der Waals surface area contributed by atoms with E-state index in [-0.39, 0.29) is 11.3 Å². The highest BCUT2D eigenvalue weighted by Gasteiger charge is 2.52. The van der Waals surface area contributed by atoms with Crippen molar-refractivity contribution in [2.45, 2.75) is 18.3 Å². The Morgan fingerprint density at radius 3 is 2.52 bits per heavy atom. The van der Waals surface area contributed by atoms with Gasteiger partial charge in [0, 0.05) is 10.5 Å². The van der Waals surface area contributed by atoms with E-state index >= 15 is 0 Å². The first-order chi connectivity index (χ1) is 10.7. The predicted octanol–water partition coefficient (Wildman–Crippen LogP) is 2.68. The number of carbonyl (C=O) groups is 1. The fraction of sp³-hybridized carbons (Fsp3) is 0.214. The number of carboxylic acids is 1. The van der Waals surface area contributed by atoms with Gasteiger partial charge in [-0.25, -0.2) is 4.79 Å². The predicted molar refractivity (Wildman–Crippen MR) is 72.4 cm³/mol. The van der Waals surface area contributed by atoms with E-state index < -0.39 is 40.4 Å². The number of rotatable bonds is 4. The molecule has 1 aliphatic rings. The summed E-state index contributed by atoms with van der Waals surface area (Å²) in [5.41, 5.74) is -1.87. The number of para-hydroxylation sites is 1. The van der Waals surface area contributed by atoms with Gasteiger partial charge in [0.25, 0.3) is 6.04 Å². The normalized spacial score (nSPS) is 18.7. The second-order valence-electron chi connectivity index (χ2n) is 4.63. The van der Waals surface area contributed by atoms with Crippen LogP contribution >= 0.6 is 0 Å². The molecule has 1 aromatic rings. The van der Waals surface area contributed by atoms with Crippen LogP contribution in [0.1, 0.15) is 5.56 Å². The van der Waals surface area contributed by atoms with Crippen LogP contribution in [0, 0.1) is 10.1 Å². The Hall–Kier alpha value is -2.84. The molecule has 0 spiro atoms. The number of nitrogens with zero attached hydrogens (tertiary/aromatic N) is 1. The lowest BCUT2D eigenvalue weighted by Crippen LogP contribution is -2.43. The molecular weight excluding hydrogens is 319 g/mol. The number of hydrogen-bond donors (Lipinski definition) is 1. The average Bonchev–Trinajstić information content (AvgIpc) is 2.45. The zero-order valence-electron chi connectivity index (χ0n) is 11.4. The molecule has 0 radical (unpaired) electrons. The molecule has 2 unspecified atom stereocenters. The summed E-state index contributed by atoms with van der Waals surface area (Å²) in [7, 11) is 0. The van der Waals surface area contributed by atoms with Crippen LogP contribution in [0.2, 0.25) is 0 Å². The van der Waals surface area contributed by atoms with Crippen molar-refractivity contribution >= 4 is 11.5 Å². The Morgan fingerprint density at radius 1 is 1.43 bits per heavy atom. The van der Waals surface area contributed by atoms with E-state index in [0.29, 0.717) is 0 Å². The van der Waals surface area contributed by atoms with Crippen LogP contribution in [0.25, 0.3) is 5.57 Å². The van der Waals surface area contributed by atoms with Crippen LogP contribution in [0.5, 0.6) is 5.75 Å². The number of ether oxygens (including phenoxy) is 1. The summed E-state index contributed by atoms with van der Waals surface area (Å²) in [6.07, 6.45) is -7.06. The monoisotopic (exact) mass is 329 g/mol. The number of carboxylic acid groups (broad SMARTS) is 1. The smallest absolute Gasteiger partial charge is 0.430 e. The minimum atomic E-state index is -5.05. The second-order valence-corrected chi connectivity index (χ2v) is 4.63. The molecule has 0 aliphatic carbocycles. The largest absolute Gasteiger partial charge is 0.478 e. The Kier molecular flexibility index (Phi) is 4.13. The first-order valence-corrected chi connectivity index (χ1v) is 6.24. The fourth-order valence-electron chi connectivity index (χ4n) is 2.35. The molecule has 6 nitrogen and oxygen atoms in total. The third-order valence-electron chi connectivity index (χ3n) is 3.25. The molecule has 0 amide bonds. The summed E-state index contributed by atoms with van der Waals surface area (Å²) in [6.45, 7) is 3.22. The highest BCUT2D eigenvalue weighted by Crippen LogP contribution is 2.43. The van der Waals surface area contributed by atoms with Gasteiger partial charge >= 0.3 is 12.1 Å². The molecule has 1 heterocycles. The van der Waals surface area contributed by atoms with Crippen LogP contribution in [0.3, 0.4) is 0 Å². The fourth-order valence-corrected chi connectivity index (χ4v) is 2.35. The Labute approximate surface area is 127 Å². The number of nitro groups is 1. The maximum Gasteiger partial charge on any atom is 0.430 e. The van der Waals surface area contributed by atoms with Crippen LogP contribution in [-0.2, 0) is 4.79 Å². The number of hydrogen-bond acceptors (Lipinski definition) is 4. The summed E-state index contributed by atoms with van der Waals surface area (Å²) >= 11 is 0. The lowest BCUT2D eigenvalue weighted by Gasteiger charge is -2.30. The van der Waals surface area contributed by atoms with Crippen molar-refractivity contribution in [2.24, 2.45) is 0 Å². The van der Waals surface area contributed by atoms with Gasteiger partial charge in [0.2, 0.25) is 6.10 Å². The molecule has 2 atom stereocenters. The molecule has 0 aromatic heterocycles. The van der Waals surface area contributed by atoms with Crippen LogP contribution < -0.4 is 4.74 Å². The van der Waals surface area contributed by atoms with E-state index in [1.807, 2.05) is 0 Å². The van der Waals surface area contributed by atoms with Crippen molar-refractivity contribution < 1.29 is 32.7 Å². The van der Waals surface area contributed by atoms with Gasteiger partial charge in [-0.3, -0.25) is 10.1 Å². The molecule has 122 valence electrons. The maximum atomic E-state index is 13.2. The molecular formula is C14H10F3NO5. The number of fused-ring (bicyclic) bond motifs is 1. The van der Waals surface area contributed by atoms with E-state index in [1.165, 1.54) is 24.3 Å². The Morgan fingerprint density at radius 2 is 2.04 bits per heavy atom. The molecule has 23 heavy (non-hydrogen) atoms. The standard InChI is InChI=1S/C14H10F3NO5/c1-2-8(18(21)22)10-7-5-3-4-6-9(7)23-12(14(15,16)17)11(10)13(19)20/h2-6,8,12H,1H2,(H,19,20). The zero-order chi connectivity index (χ0) is 17.4. The lowest BCUT2D eigenvalue weighted by molar-refractivity contribution is -0.493. The minimum absolute atomic E-state index is 0.0769. The summed E-state index contributed by atoms with van der Waals surface area (Å²) in [6, 6.07) is 3.43. The van der Waals surface area contributed by atoms with Crippen molar-refractivity contribution in [1.82, 2.24) is 0 Å². The third kappa shape index (κ3) is 2.89. The van der Waals surface area contributed by atoms with E-state index in [1.54, 1.807) is 0 Å².